The van der Waals surface area contributed by atoms with Gasteiger partial charge in [0, 0.05) is 19.4 Å². The molecule has 8 heteroatoms. The molecule has 0 fully saturated rings. The van der Waals surface area contributed by atoms with Crippen LogP contribution in [-0.4, -0.2) is 28.7 Å². The van der Waals surface area contributed by atoms with Crippen LogP contribution in [0.25, 0.3) is 0 Å². The summed E-state index contributed by atoms with van der Waals surface area (Å²) in [6.45, 7) is 4.45. The van der Waals surface area contributed by atoms with Gasteiger partial charge in [0.1, 0.15) is 24.2 Å². The van der Waals surface area contributed by atoms with E-state index in [4.69, 9.17) is 9.15 Å². The Morgan fingerprint density at radius 2 is 1.69 bits per heavy atom. The number of amides is 3. The van der Waals surface area contributed by atoms with Crippen molar-refractivity contribution in [2.75, 3.05) is 0 Å². The summed E-state index contributed by atoms with van der Waals surface area (Å²) in [6, 6.07) is 19.5. The first-order chi connectivity index (χ1) is 16.9. The van der Waals surface area contributed by atoms with Crippen molar-refractivity contribution in [3.63, 3.8) is 0 Å². The van der Waals surface area contributed by atoms with Gasteiger partial charge in [-0.2, -0.15) is 0 Å². The second-order valence-corrected chi connectivity index (χ2v) is 8.92. The molecular weight excluding hydrogens is 446 g/mol. The molecule has 0 radical (unpaired) electrons. The van der Waals surface area contributed by atoms with Crippen molar-refractivity contribution in [3.8, 4) is 5.75 Å². The smallest absolute Gasteiger partial charge is 0.305 e. The largest absolute Gasteiger partial charge is 0.486 e. The second-order valence-electron chi connectivity index (χ2n) is 8.92. The normalized spacial score (nSPS) is 14.8. The molecule has 1 aromatic heterocycles. The van der Waals surface area contributed by atoms with E-state index in [1.807, 2.05) is 68.4 Å². The number of hydrogen-bond acceptors (Lipinski definition) is 5. The number of nitrogens with zero attached hydrogens (tertiary/aromatic N) is 1. The van der Waals surface area contributed by atoms with Gasteiger partial charge in [-0.15, -0.1) is 0 Å². The minimum Gasteiger partial charge on any atom is -0.486 e. The number of hydrazine groups is 1. The highest BCUT2D eigenvalue weighted by atomic mass is 16.5. The van der Waals surface area contributed by atoms with E-state index in [-0.39, 0.29) is 24.2 Å². The number of benzene rings is 2. The summed E-state index contributed by atoms with van der Waals surface area (Å²) >= 11 is 0. The number of hydrogen-bond donors (Lipinski definition) is 2. The van der Waals surface area contributed by atoms with E-state index >= 15 is 0 Å². The Morgan fingerprint density at radius 1 is 0.971 bits per heavy atom. The molecule has 1 aliphatic rings. The fourth-order valence-electron chi connectivity index (χ4n) is 4.00. The number of nitrogens with one attached hydrogen (secondary N) is 2. The van der Waals surface area contributed by atoms with Crippen molar-refractivity contribution in [2.45, 2.75) is 45.9 Å². The Hall–Kier alpha value is -4.07. The predicted octanol–water partition coefficient (Wildman–Crippen LogP) is 3.62. The molecule has 4 rings (SSSR count). The van der Waals surface area contributed by atoms with Crippen LogP contribution in [0.3, 0.4) is 0 Å². The lowest BCUT2D eigenvalue weighted by Crippen LogP contribution is -2.56. The van der Waals surface area contributed by atoms with Crippen LogP contribution in [-0.2, 0) is 29.2 Å². The lowest BCUT2D eigenvalue weighted by atomic mass is 9.92. The molecular formula is C27H29N3O5. The molecule has 0 bridgehead atoms. The average Bonchev–Trinajstić information content (AvgIpc) is 3.34. The van der Waals surface area contributed by atoms with Crippen molar-refractivity contribution < 1.29 is 23.5 Å². The quantitative estimate of drug-likeness (QED) is 0.509. The molecule has 3 amide bonds. The maximum absolute atomic E-state index is 13.0. The molecule has 0 spiro atoms. The monoisotopic (exact) mass is 475 g/mol. The van der Waals surface area contributed by atoms with Crippen molar-refractivity contribution >= 4 is 17.7 Å². The third-order valence-electron chi connectivity index (χ3n) is 5.76. The van der Waals surface area contributed by atoms with Crippen LogP contribution in [0.4, 0.5) is 0 Å². The highest BCUT2D eigenvalue weighted by Gasteiger charge is 2.34. The highest BCUT2D eigenvalue weighted by molar-refractivity contribution is 5.94. The van der Waals surface area contributed by atoms with Gasteiger partial charge in [0.2, 0.25) is 5.91 Å². The van der Waals surface area contributed by atoms with Gasteiger partial charge in [0.05, 0.1) is 0 Å². The molecule has 1 unspecified atom stereocenters. The molecule has 1 aliphatic heterocycles. The maximum Gasteiger partial charge on any atom is 0.305 e. The first-order valence-electron chi connectivity index (χ1n) is 11.6. The van der Waals surface area contributed by atoms with Crippen molar-refractivity contribution in [3.05, 3.63) is 89.4 Å². The standard InChI is InChI=1S/C27H29N3O5/c1-18(2)14-25(31)30-16-20-9-7-6-8-19(20)15-23(30)26(32)28-29-27(33)24-13-12-22(35-24)17-34-21-10-4-3-5-11-21/h3-13,18,23H,14-17H2,1-2H3,(H,28,32)(H,29,33). The van der Waals surface area contributed by atoms with Crippen LogP contribution in [0.15, 0.2) is 71.1 Å². The van der Waals surface area contributed by atoms with Crippen LogP contribution >= 0.6 is 0 Å². The topological polar surface area (TPSA) is 101 Å². The summed E-state index contributed by atoms with van der Waals surface area (Å²) in [7, 11) is 0. The van der Waals surface area contributed by atoms with E-state index in [0.717, 1.165) is 11.1 Å². The molecule has 0 saturated heterocycles. The van der Waals surface area contributed by atoms with Crippen LogP contribution in [0.5, 0.6) is 5.75 Å². The first kappa shape index (κ1) is 24.1. The van der Waals surface area contributed by atoms with Crippen LogP contribution in [0.1, 0.15) is 47.7 Å². The molecule has 2 N–H and O–H groups in total. The summed E-state index contributed by atoms with van der Waals surface area (Å²) in [6.07, 6.45) is 0.724. The van der Waals surface area contributed by atoms with Gasteiger partial charge in [-0.25, -0.2) is 0 Å². The number of ether oxygens (including phenoxy) is 1. The van der Waals surface area contributed by atoms with Gasteiger partial charge >= 0.3 is 5.91 Å². The summed E-state index contributed by atoms with van der Waals surface area (Å²) in [5.74, 6) is 0.230. The number of rotatable bonds is 7. The van der Waals surface area contributed by atoms with Gasteiger partial charge < -0.3 is 14.1 Å². The summed E-state index contributed by atoms with van der Waals surface area (Å²) in [4.78, 5) is 40.1. The minimum atomic E-state index is -0.720. The Bertz CT molecular complexity index is 1190. The zero-order valence-corrected chi connectivity index (χ0v) is 19.8. The lowest BCUT2D eigenvalue weighted by Gasteiger charge is -2.36. The van der Waals surface area contributed by atoms with Crippen molar-refractivity contribution in [1.29, 1.82) is 0 Å². The average molecular weight is 476 g/mol. The van der Waals surface area contributed by atoms with E-state index in [9.17, 15) is 14.4 Å². The van der Waals surface area contributed by atoms with Gasteiger partial charge in [0.15, 0.2) is 5.76 Å². The molecule has 182 valence electrons. The Kier molecular flexibility index (Phi) is 7.50. The number of carbonyl (C=O) groups is 3. The maximum atomic E-state index is 13.0. The third-order valence-corrected chi connectivity index (χ3v) is 5.76. The van der Waals surface area contributed by atoms with Crippen LogP contribution in [0.2, 0.25) is 0 Å². The van der Waals surface area contributed by atoms with Gasteiger partial charge in [0.25, 0.3) is 5.91 Å². The second kappa shape index (κ2) is 10.9. The Labute approximate surface area is 204 Å². The van der Waals surface area contributed by atoms with Crippen molar-refractivity contribution in [1.82, 2.24) is 15.8 Å². The van der Waals surface area contributed by atoms with Crippen molar-refractivity contribution in [2.24, 2.45) is 5.92 Å². The molecule has 0 aliphatic carbocycles. The molecule has 3 aromatic rings. The summed E-state index contributed by atoms with van der Waals surface area (Å²) in [5, 5.41) is 0. The molecule has 2 heterocycles. The minimum absolute atomic E-state index is 0.0405. The van der Waals surface area contributed by atoms with Gasteiger partial charge in [-0.05, 0) is 41.3 Å². The predicted molar refractivity (Wildman–Crippen MR) is 129 cm³/mol. The first-order valence-corrected chi connectivity index (χ1v) is 11.6. The lowest BCUT2D eigenvalue weighted by molar-refractivity contribution is -0.142. The summed E-state index contributed by atoms with van der Waals surface area (Å²) < 4.78 is 11.2. The third kappa shape index (κ3) is 6.09. The number of para-hydroxylation sites is 1. The molecule has 0 saturated carbocycles. The van der Waals surface area contributed by atoms with E-state index in [2.05, 4.69) is 10.9 Å². The fourth-order valence-corrected chi connectivity index (χ4v) is 4.00. The SMILES string of the molecule is CC(C)CC(=O)N1Cc2ccccc2CC1C(=O)NNC(=O)c1ccc(COc2ccccc2)o1. The van der Waals surface area contributed by atoms with E-state index in [1.165, 1.54) is 6.07 Å². The number of furan rings is 1. The van der Waals surface area contributed by atoms with Crippen LogP contribution < -0.4 is 15.6 Å². The molecule has 35 heavy (non-hydrogen) atoms. The highest BCUT2D eigenvalue weighted by Crippen LogP contribution is 2.25. The van der Waals surface area contributed by atoms with Crippen LogP contribution in [0, 0.1) is 5.92 Å². The zero-order valence-electron chi connectivity index (χ0n) is 19.8. The van der Waals surface area contributed by atoms with E-state index < -0.39 is 17.9 Å². The van der Waals surface area contributed by atoms with E-state index in [1.54, 1.807) is 11.0 Å². The Balaban J connectivity index is 1.37. The number of fused-ring (bicyclic) bond motifs is 1. The molecule has 1 atom stereocenters. The molecule has 8 nitrogen and oxygen atoms in total. The van der Waals surface area contributed by atoms with Gasteiger partial charge in [-0.1, -0.05) is 56.3 Å². The Morgan fingerprint density at radius 3 is 2.43 bits per heavy atom. The summed E-state index contributed by atoms with van der Waals surface area (Å²) in [5.41, 5.74) is 6.90. The zero-order chi connectivity index (χ0) is 24.8. The fraction of sp³-hybridized carbons (Fsp3) is 0.296. The van der Waals surface area contributed by atoms with Gasteiger partial charge in [-0.3, -0.25) is 25.2 Å². The van der Waals surface area contributed by atoms with E-state index in [0.29, 0.717) is 30.9 Å². The molecule has 2 aromatic carbocycles. The number of carbonyl (C=O) groups excluding carboxylic acids is 3.